The van der Waals surface area contributed by atoms with Crippen molar-refractivity contribution in [2.45, 2.75) is 58.2 Å². The van der Waals surface area contributed by atoms with E-state index in [4.69, 9.17) is 4.84 Å². The number of imidazole rings is 2. The molecule has 0 saturated carbocycles. The predicted octanol–water partition coefficient (Wildman–Crippen LogP) is 0.823. The number of nitrogens with one attached hydrogen (secondary N) is 2. The van der Waals surface area contributed by atoms with Crippen molar-refractivity contribution in [3.8, 4) is 0 Å². The number of nitro groups is 2. The molecule has 16 heteroatoms. The van der Waals surface area contributed by atoms with Crippen LogP contribution < -0.4 is 10.8 Å². The van der Waals surface area contributed by atoms with E-state index in [1.165, 1.54) is 30.8 Å². The normalized spacial score (nSPS) is 11.9. The van der Waals surface area contributed by atoms with E-state index >= 15 is 0 Å². The second-order valence-electron chi connectivity index (χ2n) is 8.83. The molecule has 0 saturated heterocycles. The zero-order valence-electron chi connectivity index (χ0n) is 20.3. The summed E-state index contributed by atoms with van der Waals surface area (Å²) >= 11 is 0. The van der Waals surface area contributed by atoms with Crippen LogP contribution in [0.4, 0.5) is 11.9 Å². The second-order valence-corrected chi connectivity index (χ2v) is 8.83. The molecule has 2 rings (SSSR count). The number of ketones is 2. The number of rotatable bonds is 15. The average Bonchev–Trinajstić information content (AvgIpc) is 3.46. The third-order valence-corrected chi connectivity index (χ3v) is 5.29. The molecule has 0 aliphatic rings. The largest absolute Gasteiger partial charge is 0.441 e. The van der Waals surface area contributed by atoms with Crippen LogP contribution in [0.25, 0.3) is 0 Å². The van der Waals surface area contributed by atoms with Crippen molar-refractivity contribution < 1.29 is 29.1 Å². The van der Waals surface area contributed by atoms with Crippen LogP contribution in [0.5, 0.6) is 0 Å². The molecule has 2 aromatic heterocycles. The van der Waals surface area contributed by atoms with Crippen molar-refractivity contribution in [2.24, 2.45) is 0 Å². The molecule has 0 aliphatic heterocycles. The molecule has 36 heavy (non-hydrogen) atoms. The van der Waals surface area contributed by atoms with E-state index < -0.39 is 45.0 Å². The summed E-state index contributed by atoms with van der Waals surface area (Å²) < 4.78 is 1.98. The maximum Gasteiger partial charge on any atom is 0.441 e. The topological polar surface area (TPSA) is 206 Å². The lowest BCUT2D eigenvalue weighted by atomic mass is 9.96. The smallest absolute Gasteiger partial charge is 0.390 e. The predicted molar refractivity (Wildman–Crippen MR) is 123 cm³/mol. The van der Waals surface area contributed by atoms with Crippen molar-refractivity contribution in [3.05, 3.63) is 45.0 Å². The highest BCUT2D eigenvalue weighted by Gasteiger charge is 2.33. The first-order chi connectivity index (χ1) is 16.8. The summed E-state index contributed by atoms with van der Waals surface area (Å²) in [5, 5.41) is 24.9. The molecule has 2 heterocycles. The molecule has 2 aromatic rings. The summed E-state index contributed by atoms with van der Waals surface area (Å²) in [7, 11) is 0. The number of hydrogen-bond donors (Lipinski definition) is 2. The van der Waals surface area contributed by atoms with E-state index in [1.54, 1.807) is 13.8 Å². The molecule has 2 N–H and O–H groups in total. The van der Waals surface area contributed by atoms with E-state index in [9.17, 15) is 34.6 Å². The first-order valence-corrected chi connectivity index (χ1v) is 10.8. The van der Waals surface area contributed by atoms with Gasteiger partial charge in [0.25, 0.3) is 5.91 Å². The lowest BCUT2D eigenvalue weighted by molar-refractivity contribution is -0.396. The second kappa shape index (κ2) is 11.7. The maximum atomic E-state index is 12.6. The zero-order chi connectivity index (χ0) is 27.1. The minimum absolute atomic E-state index is 0.0426. The van der Waals surface area contributed by atoms with Crippen molar-refractivity contribution in [1.29, 1.82) is 0 Å². The van der Waals surface area contributed by atoms with Crippen LogP contribution in [-0.4, -0.2) is 70.7 Å². The molecule has 0 atom stereocenters. The van der Waals surface area contributed by atoms with Gasteiger partial charge in [0.15, 0.2) is 11.6 Å². The molecule has 0 fully saturated rings. The van der Waals surface area contributed by atoms with Gasteiger partial charge in [-0.05, 0) is 37.5 Å². The summed E-state index contributed by atoms with van der Waals surface area (Å²) in [6, 6.07) is 0. The number of aromatic nitrogens is 4. The van der Waals surface area contributed by atoms with Crippen LogP contribution >= 0.6 is 0 Å². The molecule has 16 nitrogen and oxygen atoms in total. The lowest BCUT2D eigenvalue weighted by Crippen LogP contribution is -2.50. The number of Topliss-reactive ketones (excluding diaryl/α,β-unsaturated/α-hetero) is 2. The Morgan fingerprint density at radius 3 is 2.22 bits per heavy atom. The van der Waals surface area contributed by atoms with Gasteiger partial charge in [0.1, 0.15) is 31.2 Å². The molecule has 0 unspecified atom stereocenters. The maximum absolute atomic E-state index is 12.6. The zero-order valence-corrected chi connectivity index (χ0v) is 20.3. The van der Waals surface area contributed by atoms with Gasteiger partial charge in [0.2, 0.25) is 0 Å². The molecule has 196 valence electrons. The molecule has 0 amide bonds. The molecule has 0 bridgehead atoms. The summed E-state index contributed by atoms with van der Waals surface area (Å²) in [5.74, 6) is -2.56. The van der Waals surface area contributed by atoms with Gasteiger partial charge in [-0.2, -0.15) is 10.0 Å². The molecule has 0 aromatic carbocycles. The van der Waals surface area contributed by atoms with Gasteiger partial charge in [-0.25, -0.2) is 4.57 Å². The Morgan fingerprint density at radius 2 is 1.58 bits per heavy atom. The van der Waals surface area contributed by atoms with E-state index in [0.717, 1.165) is 12.4 Å². The summed E-state index contributed by atoms with van der Waals surface area (Å²) in [6.45, 7) is 6.69. The number of hydroxylamine groups is 1. The quantitative estimate of drug-likeness (QED) is 0.148. The molecule has 0 aliphatic carbocycles. The summed E-state index contributed by atoms with van der Waals surface area (Å²) in [6.07, 6.45) is 4.35. The fourth-order valence-corrected chi connectivity index (χ4v) is 3.05. The Hall–Kier alpha value is -3.89. The number of hydrogen-bond acceptors (Lipinski definition) is 12. The first kappa shape index (κ1) is 28.3. The van der Waals surface area contributed by atoms with Gasteiger partial charge in [-0.1, -0.05) is 9.97 Å². The standard InChI is InChI=1S/C20H28N8O8/c1-19(2,14(29)5-9-25-10-6-21-17(25)27(32)33)23-8-12-36-24-20(3,4)15(30)13-16(31)26-11-7-22-18(26)28(34)35/h6-7,10-11,23-24H,5,8-9,12-13H2,1-4H3. The highest BCUT2D eigenvalue weighted by molar-refractivity contribution is 6.03. The molecule has 0 radical (unpaired) electrons. The van der Waals surface area contributed by atoms with E-state index in [-0.39, 0.29) is 37.8 Å². The lowest BCUT2D eigenvalue weighted by Gasteiger charge is -2.26. The van der Waals surface area contributed by atoms with Crippen LogP contribution in [0.1, 0.15) is 45.3 Å². The van der Waals surface area contributed by atoms with Gasteiger partial charge >= 0.3 is 11.9 Å². The highest BCUT2D eigenvalue weighted by Crippen LogP contribution is 2.14. The summed E-state index contributed by atoms with van der Waals surface area (Å²) in [5.41, 5.74) is 0.333. The number of nitrogens with zero attached hydrogens (tertiary/aromatic N) is 6. The third kappa shape index (κ3) is 7.30. The van der Waals surface area contributed by atoms with Crippen molar-refractivity contribution in [3.63, 3.8) is 0 Å². The van der Waals surface area contributed by atoms with E-state index in [0.29, 0.717) is 4.57 Å². The Kier molecular flexibility index (Phi) is 9.21. The summed E-state index contributed by atoms with van der Waals surface area (Å²) in [4.78, 5) is 70.2. The molecular formula is C20H28N8O8. The SMILES string of the molecule is CC(C)(NCCONC(C)(C)C(=O)CC(=O)n1ccnc1[N+](=O)[O-])C(=O)CCn1ccnc1[N+](=O)[O-]. The third-order valence-electron chi connectivity index (χ3n) is 5.29. The number of aryl methyl sites for hydroxylation is 1. The number of carbonyl (C=O) groups excluding carboxylic acids is 3. The van der Waals surface area contributed by atoms with Gasteiger partial charge in [-0.15, -0.1) is 0 Å². The van der Waals surface area contributed by atoms with Gasteiger partial charge < -0.3 is 25.5 Å². The van der Waals surface area contributed by atoms with Crippen LogP contribution in [-0.2, 0) is 21.0 Å². The van der Waals surface area contributed by atoms with Gasteiger partial charge in [0.05, 0.1) is 24.2 Å². The van der Waals surface area contributed by atoms with Crippen LogP contribution in [0.15, 0.2) is 24.8 Å². The Morgan fingerprint density at radius 1 is 0.972 bits per heavy atom. The van der Waals surface area contributed by atoms with Crippen molar-refractivity contribution in [1.82, 2.24) is 29.9 Å². The average molecular weight is 508 g/mol. The van der Waals surface area contributed by atoms with Gasteiger partial charge in [-0.3, -0.25) is 19.2 Å². The fraction of sp³-hybridized carbons (Fsp3) is 0.550. The van der Waals surface area contributed by atoms with Crippen LogP contribution in [0, 0.1) is 20.2 Å². The Bertz CT molecular complexity index is 1140. The highest BCUT2D eigenvalue weighted by atomic mass is 16.6. The minimum Gasteiger partial charge on any atom is -0.390 e. The number of carbonyl (C=O) groups is 3. The van der Waals surface area contributed by atoms with Gasteiger partial charge in [0, 0.05) is 13.0 Å². The van der Waals surface area contributed by atoms with E-state index in [1.807, 2.05) is 0 Å². The van der Waals surface area contributed by atoms with Crippen LogP contribution in [0.2, 0.25) is 0 Å². The van der Waals surface area contributed by atoms with Crippen molar-refractivity contribution >= 4 is 29.4 Å². The van der Waals surface area contributed by atoms with Crippen LogP contribution in [0.3, 0.4) is 0 Å². The Balaban J connectivity index is 1.76. The minimum atomic E-state index is -1.28. The van der Waals surface area contributed by atoms with E-state index in [2.05, 4.69) is 20.8 Å². The van der Waals surface area contributed by atoms with Crippen molar-refractivity contribution in [2.75, 3.05) is 13.2 Å². The monoisotopic (exact) mass is 508 g/mol. The molecular weight excluding hydrogens is 480 g/mol. The first-order valence-electron chi connectivity index (χ1n) is 10.8. The fourth-order valence-electron chi connectivity index (χ4n) is 3.05. The Labute approximate surface area is 205 Å². The molecule has 0 spiro atoms.